The lowest BCUT2D eigenvalue weighted by Crippen LogP contribution is -2.66. The molecule has 0 radical (unpaired) electrons. The highest BCUT2D eigenvalue weighted by molar-refractivity contribution is 9.10. The molecule has 1 aliphatic rings. The van der Waals surface area contributed by atoms with Gasteiger partial charge in [0.15, 0.2) is 29.7 Å². The summed E-state index contributed by atoms with van der Waals surface area (Å²) >= 11 is 8.77. The lowest BCUT2D eigenvalue weighted by molar-refractivity contribution is -0.254. The first-order chi connectivity index (χ1) is 16.0. The summed E-state index contributed by atoms with van der Waals surface area (Å²) < 4.78 is 27.8. The van der Waals surface area contributed by atoms with E-state index in [1.165, 1.54) is 6.92 Å². The molecule has 0 unspecified atom stereocenters. The van der Waals surface area contributed by atoms with Crippen LogP contribution >= 0.6 is 28.1 Å². The zero-order valence-corrected chi connectivity index (χ0v) is 21.3. The van der Waals surface area contributed by atoms with Crippen molar-refractivity contribution in [2.24, 2.45) is 0 Å². The molecule has 0 spiro atoms. The second kappa shape index (κ2) is 12.6. The van der Waals surface area contributed by atoms with Crippen LogP contribution in [0.25, 0.3) is 0 Å². The predicted molar refractivity (Wildman–Crippen MR) is 125 cm³/mol. The van der Waals surface area contributed by atoms with E-state index >= 15 is 0 Å². The van der Waals surface area contributed by atoms with Gasteiger partial charge in [-0.2, -0.15) is 0 Å². The molecule has 0 saturated carbocycles. The summed E-state index contributed by atoms with van der Waals surface area (Å²) in [5.41, 5.74) is 0.644. The van der Waals surface area contributed by atoms with Gasteiger partial charge in [-0.3, -0.25) is 19.2 Å². The Morgan fingerprint density at radius 1 is 0.912 bits per heavy atom. The SMILES string of the molecule is CC(=O)OC[C@@H]1O[C@H](NC(=S)Nc2ccccc2Br)[C@H](OC(C)=O)[C@H](OC(C)=O)[C@@H]1OC(C)=O. The number of thiocarbonyl (C=S) groups is 1. The molecule has 11 nitrogen and oxygen atoms in total. The molecule has 1 heterocycles. The van der Waals surface area contributed by atoms with Crippen LogP contribution in [0.1, 0.15) is 27.7 Å². The monoisotopic (exact) mass is 560 g/mol. The minimum Gasteiger partial charge on any atom is -0.463 e. The Morgan fingerprint density at radius 2 is 1.47 bits per heavy atom. The molecule has 0 aliphatic carbocycles. The average molecular weight is 561 g/mol. The van der Waals surface area contributed by atoms with Gasteiger partial charge in [0, 0.05) is 32.2 Å². The van der Waals surface area contributed by atoms with Crippen molar-refractivity contribution < 1.29 is 42.9 Å². The second-order valence-electron chi connectivity index (χ2n) is 7.20. The van der Waals surface area contributed by atoms with Gasteiger partial charge in [-0.15, -0.1) is 0 Å². The van der Waals surface area contributed by atoms with E-state index in [9.17, 15) is 19.2 Å². The van der Waals surface area contributed by atoms with Crippen molar-refractivity contribution in [3.63, 3.8) is 0 Å². The van der Waals surface area contributed by atoms with E-state index in [4.69, 9.17) is 35.9 Å². The van der Waals surface area contributed by atoms with Crippen LogP contribution in [0, 0.1) is 0 Å². The Labute approximate surface area is 209 Å². The van der Waals surface area contributed by atoms with E-state index in [-0.39, 0.29) is 11.7 Å². The second-order valence-corrected chi connectivity index (χ2v) is 8.46. The van der Waals surface area contributed by atoms with Gasteiger partial charge in [-0.1, -0.05) is 12.1 Å². The maximum absolute atomic E-state index is 11.9. The Kier molecular flexibility index (Phi) is 10.2. The Balaban J connectivity index is 2.37. The van der Waals surface area contributed by atoms with Crippen LogP contribution in [-0.4, -0.2) is 66.2 Å². The first-order valence-corrected chi connectivity index (χ1v) is 11.3. The van der Waals surface area contributed by atoms with Crippen LogP contribution in [0.4, 0.5) is 5.69 Å². The van der Waals surface area contributed by atoms with Crippen LogP contribution in [0.2, 0.25) is 0 Å². The summed E-state index contributed by atoms with van der Waals surface area (Å²) in [5, 5.41) is 5.93. The molecular formula is C21H25BrN2O9S. The quantitative estimate of drug-likeness (QED) is 0.285. The zero-order valence-electron chi connectivity index (χ0n) is 18.9. The standard InChI is InChI=1S/C21H25BrN2O9S/c1-10(25)29-9-16-17(30-11(2)26)18(31-12(3)27)19(32-13(4)28)20(33-16)24-21(34)23-15-8-6-5-7-14(15)22/h5-8,16-20H,9H2,1-4H3,(H2,23,24,34)/t16-,17+,18+,19+,20-/m0/s1. The summed E-state index contributed by atoms with van der Waals surface area (Å²) in [6.45, 7) is 4.32. The van der Waals surface area contributed by atoms with Crippen LogP contribution in [0.15, 0.2) is 28.7 Å². The van der Waals surface area contributed by atoms with Crippen molar-refractivity contribution in [2.45, 2.75) is 58.3 Å². The van der Waals surface area contributed by atoms with E-state index in [1.54, 1.807) is 18.2 Å². The number of esters is 4. The highest BCUT2D eigenvalue weighted by Crippen LogP contribution is 2.29. The molecule has 2 N–H and O–H groups in total. The summed E-state index contributed by atoms with van der Waals surface area (Å²) in [4.78, 5) is 46.9. The number of nitrogens with one attached hydrogen (secondary N) is 2. The topological polar surface area (TPSA) is 138 Å². The number of ether oxygens (including phenoxy) is 5. The lowest BCUT2D eigenvalue weighted by Gasteiger charge is -2.44. The van der Waals surface area contributed by atoms with E-state index in [1.807, 2.05) is 6.07 Å². The Hall–Kier alpha value is -2.77. The van der Waals surface area contributed by atoms with Crippen LogP contribution in [-0.2, 0) is 42.9 Å². The molecule has 1 aliphatic heterocycles. The number of para-hydroxylation sites is 1. The number of halogens is 1. The normalized spacial score (nSPS) is 23.7. The molecule has 186 valence electrons. The fourth-order valence-electron chi connectivity index (χ4n) is 3.19. The molecule has 34 heavy (non-hydrogen) atoms. The number of carbonyl (C=O) groups is 4. The number of hydrogen-bond acceptors (Lipinski definition) is 10. The third-order valence-electron chi connectivity index (χ3n) is 4.39. The molecule has 0 bridgehead atoms. The number of anilines is 1. The molecule has 1 fully saturated rings. The van der Waals surface area contributed by atoms with Crippen molar-refractivity contribution in [1.82, 2.24) is 5.32 Å². The number of rotatable bonds is 7. The first kappa shape index (κ1) is 27.5. The molecular weight excluding hydrogens is 536 g/mol. The van der Waals surface area contributed by atoms with Gasteiger partial charge < -0.3 is 34.3 Å². The summed E-state index contributed by atoms with van der Waals surface area (Å²) in [5.74, 6) is -2.74. The highest BCUT2D eigenvalue weighted by atomic mass is 79.9. The largest absolute Gasteiger partial charge is 0.463 e. The molecule has 5 atom stereocenters. The molecule has 2 rings (SSSR count). The molecule has 1 saturated heterocycles. The van der Waals surface area contributed by atoms with Crippen LogP contribution in [0.5, 0.6) is 0 Å². The summed E-state index contributed by atoms with van der Waals surface area (Å²) in [6.07, 6.45) is -6.04. The van der Waals surface area contributed by atoms with Gasteiger partial charge in [-0.25, -0.2) is 0 Å². The molecule has 1 aromatic rings. The molecule has 13 heteroatoms. The zero-order chi connectivity index (χ0) is 25.4. The van der Waals surface area contributed by atoms with E-state index in [2.05, 4.69) is 26.6 Å². The van der Waals surface area contributed by atoms with Crippen molar-refractivity contribution in [3.8, 4) is 0 Å². The Bertz CT molecular complexity index is 945. The number of hydrogen-bond donors (Lipinski definition) is 2. The van der Waals surface area contributed by atoms with Crippen LogP contribution in [0.3, 0.4) is 0 Å². The third kappa shape index (κ3) is 8.22. The highest BCUT2D eigenvalue weighted by Gasteiger charge is 2.52. The fraction of sp³-hybridized carbons (Fsp3) is 0.476. The van der Waals surface area contributed by atoms with Gasteiger partial charge in [-0.05, 0) is 40.3 Å². The Morgan fingerprint density at radius 3 is 2.03 bits per heavy atom. The summed E-state index contributed by atoms with van der Waals surface area (Å²) in [6, 6.07) is 7.19. The van der Waals surface area contributed by atoms with Gasteiger partial charge in [0.25, 0.3) is 0 Å². The molecule has 1 aromatic carbocycles. The lowest BCUT2D eigenvalue weighted by atomic mass is 9.97. The minimum atomic E-state index is -1.29. The first-order valence-electron chi connectivity index (χ1n) is 10.1. The van der Waals surface area contributed by atoms with Gasteiger partial charge in [0.2, 0.25) is 0 Å². The van der Waals surface area contributed by atoms with Crippen molar-refractivity contribution in [2.75, 3.05) is 11.9 Å². The van der Waals surface area contributed by atoms with E-state index < -0.39 is 54.5 Å². The average Bonchev–Trinajstić information content (AvgIpc) is 2.71. The van der Waals surface area contributed by atoms with Crippen LogP contribution < -0.4 is 10.6 Å². The number of carbonyl (C=O) groups excluding carboxylic acids is 4. The predicted octanol–water partition coefficient (Wildman–Crippen LogP) is 1.82. The maximum Gasteiger partial charge on any atom is 0.303 e. The van der Waals surface area contributed by atoms with E-state index in [0.29, 0.717) is 5.69 Å². The molecule has 0 amide bonds. The smallest absolute Gasteiger partial charge is 0.303 e. The summed E-state index contributed by atoms with van der Waals surface area (Å²) in [7, 11) is 0. The van der Waals surface area contributed by atoms with Gasteiger partial charge in [0.1, 0.15) is 12.7 Å². The number of benzene rings is 1. The van der Waals surface area contributed by atoms with Crippen molar-refractivity contribution >= 4 is 62.8 Å². The van der Waals surface area contributed by atoms with Gasteiger partial charge >= 0.3 is 23.9 Å². The third-order valence-corrected chi connectivity index (χ3v) is 5.30. The molecule has 0 aromatic heterocycles. The fourth-order valence-corrected chi connectivity index (χ4v) is 3.80. The van der Waals surface area contributed by atoms with Gasteiger partial charge in [0.05, 0.1) is 5.69 Å². The minimum absolute atomic E-state index is 0.0906. The van der Waals surface area contributed by atoms with E-state index in [0.717, 1.165) is 25.2 Å². The van der Waals surface area contributed by atoms with Crippen molar-refractivity contribution in [3.05, 3.63) is 28.7 Å². The van der Waals surface area contributed by atoms with Crippen molar-refractivity contribution in [1.29, 1.82) is 0 Å². The maximum atomic E-state index is 11.9.